The molecule has 0 saturated carbocycles. The molecule has 0 bridgehead atoms. The van der Waals surface area contributed by atoms with Crippen molar-refractivity contribution in [1.82, 2.24) is 10.3 Å². The van der Waals surface area contributed by atoms with Crippen LogP contribution in [0.1, 0.15) is 18.2 Å². The number of benzene rings is 1. The maximum absolute atomic E-state index is 9.91. The smallest absolute Gasteiger partial charge is 0.119 e. The van der Waals surface area contributed by atoms with Crippen molar-refractivity contribution >= 4 is 0 Å². The van der Waals surface area contributed by atoms with Crippen LogP contribution in [0.2, 0.25) is 0 Å². The van der Waals surface area contributed by atoms with Gasteiger partial charge in [0.25, 0.3) is 0 Å². The molecular weight excluding hydrogens is 264 g/mol. The number of hydrogen-bond donors (Lipinski definition) is 2. The molecule has 4 heteroatoms. The summed E-state index contributed by atoms with van der Waals surface area (Å²) in [6.07, 6.45) is 2.20. The Morgan fingerprint density at radius 3 is 2.90 bits per heavy atom. The molecule has 0 aliphatic heterocycles. The van der Waals surface area contributed by atoms with Crippen LogP contribution in [-0.2, 0) is 13.0 Å². The summed E-state index contributed by atoms with van der Waals surface area (Å²) in [5.41, 5.74) is 2.19. The summed E-state index contributed by atoms with van der Waals surface area (Å²) in [6, 6.07) is 13.7. The quantitative estimate of drug-likeness (QED) is 0.781. The Hall–Kier alpha value is -1.91. The Bertz CT molecular complexity index is 531. The van der Waals surface area contributed by atoms with E-state index in [4.69, 9.17) is 4.74 Å². The van der Waals surface area contributed by atoms with E-state index in [1.54, 1.807) is 6.20 Å². The minimum Gasteiger partial charge on any atom is -0.491 e. The van der Waals surface area contributed by atoms with E-state index in [9.17, 15) is 5.11 Å². The topological polar surface area (TPSA) is 54.4 Å². The third-order valence-corrected chi connectivity index (χ3v) is 3.16. The number of hydrogen-bond acceptors (Lipinski definition) is 4. The van der Waals surface area contributed by atoms with Gasteiger partial charge in [-0.25, -0.2) is 0 Å². The molecule has 112 valence electrons. The molecule has 1 heterocycles. The summed E-state index contributed by atoms with van der Waals surface area (Å²) in [6.45, 7) is 3.51. The first kappa shape index (κ1) is 15.5. The van der Waals surface area contributed by atoms with Gasteiger partial charge in [0, 0.05) is 19.3 Å². The molecule has 1 atom stereocenters. The van der Waals surface area contributed by atoms with Crippen LogP contribution in [0, 0.1) is 0 Å². The summed E-state index contributed by atoms with van der Waals surface area (Å²) in [5.74, 6) is 0.804. The number of nitrogens with zero attached hydrogens (tertiary/aromatic N) is 1. The van der Waals surface area contributed by atoms with Gasteiger partial charge in [0.2, 0.25) is 0 Å². The van der Waals surface area contributed by atoms with E-state index in [0.717, 1.165) is 17.9 Å². The number of rotatable bonds is 8. The minimum atomic E-state index is -0.543. The Labute approximate surface area is 125 Å². The van der Waals surface area contributed by atoms with E-state index in [2.05, 4.69) is 23.3 Å². The van der Waals surface area contributed by atoms with Gasteiger partial charge in [-0.15, -0.1) is 0 Å². The van der Waals surface area contributed by atoms with Crippen LogP contribution >= 0.6 is 0 Å². The molecule has 0 fully saturated rings. The van der Waals surface area contributed by atoms with Crippen LogP contribution in [0.15, 0.2) is 48.7 Å². The molecule has 1 unspecified atom stereocenters. The first-order valence-electron chi connectivity index (χ1n) is 7.28. The average Bonchev–Trinajstić information content (AvgIpc) is 2.54. The second kappa shape index (κ2) is 8.39. The fourth-order valence-electron chi connectivity index (χ4n) is 1.98. The number of aliphatic hydroxyl groups excluding tert-OH is 1. The zero-order chi connectivity index (χ0) is 14.9. The maximum Gasteiger partial charge on any atom is 0.119 e. The number of aryl methyl sites for hydroxylation is 1. The van der Waals surface area contributed by atoms with Crippen molar-refractivity contribution in [1.29, 1.82) is 0 Å². The van der Waals surface area contributed by atoms with Crippen molar-refractivity contribution in [3.05, 3.63) is 59.9 Å². The molecular formula is C17H22N2O2. The SMILES string of the molecule is CCc1cccc(OCC(O)CNCc2ccccn2)c1. The zero-order valence-corrected chi connectivity index (χ0v) is 12.3. The van der Waals surface area contributed by atoms with E-state index in [1.165, 1.54) is 5.56 Å². The van der Waals surface area contributed by atoms with Crippen molar-refractivity contribution < 1.29 is 9.84 Å². The van der Waals surface area contributed by atoms with E-state index in [-0.39, 0.29) is 6.61 Å². The minimum absolute atomic E-state index is 0.280. The van der Waals surface area contributed by atoms with E-state index >= 15 is 0 Å². The number of pyridine rings is 1. The number of nitrogens with one attached hydrogen (secondary N) is 1. The van der Waals surface area contributed by atoms with Gasteiger partial charge < -0.3 is 15.2 Å². The molecule has 1 aromatic carbocycles. The van der Waals surface area contributed by atoms with E-state index in [0.29, 0.717) is 13.1 Å². The normalized spacial score (nSPS) is 12.1. The molecule has 1 aromatic heterocycles. The lowest BCUT2D eigenvalue weighted by atomic mass is 10.2. The molecule has 0 saturated heterocycles. The third kappa shape index (κ3) is 5.53. The van der Waals surface area contributed by atoms with E-state index < -0.39 is 6.10 Å². The molecule has 2 N–H and O–H groups in total. The van der Waals surface area contributed by atoms with Gasteiger partial charge in [-0.2, -0.15) is 0 Å². The lowest BCUT2D eigenvalue weighted by molar-refractivity contribution is 0.106. The Morgan fingerprint density at radius 1 is 1.24 bits per heavy atom. The first-order chi connectivity index (χ1) is 10.3. The van der Waals surface area contributed by atoms with E-state index in [1.807, 2.05) is 36.4 Å². The molecule has 0 spiro atoms. The maximum atomic E-state index is 9.91. The number of ether oxygens (including phenoxy) is 1. The van der Waals surface area contributed by atoms with Crippen LogP contribution in [0.5, 0.6) is 5.75 Å². The van der Waals surface area contributed by atoms with Gasteiger partial charge >= 0.3 is 0 Å². The second-order valence-corrected chi connectivity index (χ2v) is 4.92. The van der Waals surface area contributed by atoms with Crippen molar-refractivity contribution in [3.63, 3.8) is 0 Å². The summed E-state index contributed by atoms with van der Waals surface area (Å²) < 4.78 is 5.61. The Kier molecular flexibility index (Phi) is 6.19. The van der Waals surface area contributed by atoms with Crippen LogP contribution < -0.4 is 10.1 Å². The van der Waals surface area contributed by atoms with Gasteiger partial charge in [0.05, 0.1) is 5.69 Å². The highest BCUT2D eigenvalue weighted by molar-refractivity contribution is 5.28. The monoisotopic (exact) mass is 286 g/mol. The predicted molar refractivity (Wildman–Crippen MR) is 83.3 cm³/mol. The molecule has 0 aliphatic carbocycles. The Balaban J connectivity index is 1.68. The standard InChI is InChI=1S/C17H22N2O2/c1-2-14-6-5-8-17(10-14)21-13-16(20)12-18-11-15-7-3-4-9-19-15/h3-10,16,18,20H,2,11-13H2,1H3. The third-order valence-electron chi connectivity index (χ3n) is 3.16. The second-order valence-electron chi connectivity index (χ2n) is 4.92. The summed E-state index contributed by atoms with van der Waals surface area (Å²) >= 11 is 0. The lowest BCUT2D eigenvalue weighted by Crippen LogP contribution is -2.31. The summed E-state index contributed by atoms with van der Waals surface area (Å²) in [4.78, 5) is 4.21. The largest absolute Gasteiger partial charge is 0.491 e. The molecule has 0 amide bonds. The highest BCUT2D eigenvalue weighted by Gasteiger charge is 2.05. The van der Waals surface area contributed by atoms with Crippen molar-refractivity contribution in [2.24, 2.45) is 0 Å². The van der Waals surface area contributed by atoms with Crippen molar-refractivity contribution in [2.45, 2.75) is 26.0 Å². The highest BCUT2D eigenvalue weighted by Crippen LogP contribution is 2.13. The van der Waals surface area contributed by atoms with Gasteiger partial charge in [0.15, 0.2) is 0 Å². The van der Waals surface area contributed by atoms with Crippen molar-refractivity contribution in [2.75, 3.05) is 13.2 Å². The predicted octanol–water partition coefficient (Wildman–Crippen LogP) is 2.17. The summed E-state index contributed by atoms with van der Waals surface area (Å²) in [7, 11) is 0. The molecule has 2 rings (SSSR count). The molecule has 2 aromatic rings. The zero-order valence-electron chi connectivity index (χ0n) is 12.3. The number of aromatic nitrogens is 1. The van der Waals surface area contributed by atoms with Gasteiger partial charge in [-0.1, -0.05) is 25.1 Å². The van der Waals surface area contributed by atoms with Gasteiger partial charge in [-0.05, 0) is 36.2 Å². The molecule has 21 heavy (non-hydrogen) atoms. The molecule has 4 nitrogen and oxygen atoms in total. The lowest BCUT2D eigenvalue weighted by Gasteiger charge is -2.13. The van der Waals surface area contributed by atoms with Gasteiger partial charge in [0.1, 0.15) is 18.5 Å². The molecule has 0 radical (unpaired) electrons. The van der Waals surface area contributed by atoms with Crippen LogP contribution in [0.25, 0.3) is 0 Å². The fraction of sp³-hybridized carbons (Fsp3) is 0.353. The molecule has 0 aliphatic rings. The summed E-state index contributed by atoms with van der Waals surface area (Å²) in [5, 5.41) is 13.1. The Morgan fingerprint density at radius 2 is 2.14 bits per heavy atom. The van der Waals surface area contributed by atoms with Crippen LogP contribution in [0.3, 0.4) is 0 Å². The average molecular weight is 286 g/mol. The number of aliphatic hydroxyl groups is 1. The van der Waals surface area contributed by atoms with Crippen LogP contribution in [0.4, 0.5) is 0 Å². The van der Waals surface area contributed by atoms with Crippen molar-refractivity contribution in [3.8, 4) is 5.75 Å². The fourth-order valence-corrected chi connectivity index (χ4v) is 1.98. The van der Waals surface area contributed by atoms with Crippen LogP contribution in [-0.4, -0.2) is 29.3 Å². The first-order valence-corrected chi connectivity index (χ1v) is 7.28. The van der Waals surface area contributed by atoms with Gasteiger partial charge in [-0.3, -0.25) is 4.98 Å². The highest BCUT2D eigenvalue weighted by atomic mass is 16.5.